The summed E-state index contributed by atoms with van der Waals surface area (Å²) in [5, 5.41) is 0. The Hall–Kier alpha value is -3.58. The summed E-state index contributed by atoms with van der Waals surface area (Å²) >= 11 is 3.49. The second-order valence-corrected chi connectivity index (χ2v) is 7.84. The number of amides is 1. The molecule has 7 heteroatoms. The molecular weight excluding hydrogens is 472 g/mol. The van der Waals surface area contributed by atoms with Crippen LogP contribution in [0.2, 0.25) is 0 Å². The Bertz CT molecular complexity index is 1220. The molecule has 162 valence electrons. The van der Waals surface area contributed by atoms with Crippen LogP contribution in [-0.4, -0.2) is 33.1 Å². The molecule has 3 aromatic carbocycles. The van der Waals surface area contributed by atoms with Gasteiger partial charge in [-0.15, -0.1) is 0 Å². The molecule has 0 radical (unpaired) electrons. The zero-order valence-corrected chi connectivity index (χ0v) is 19.4. The summed E-state index contributed by atoms with van der Waals surface area (Å²) in [7, 11) is 4.78. The molecule has 0 bridgehead atoms. The lowest BCUT2D eigenvalue weighted by atomic mass is 10.1. The van der Waals surface area contributed by atoms with Crippen molar-refractivity contribution in [1.29, 1.82) is 0 Å². The van der Waals surface area contributed by atoms with E-state index in [0.717, 1.165) is 21.3 Å². The van der Waals surface area contributed by atoms with Crippen LogP contribution in [0, 0.1) is 0 Å². The first-order valence-corrected chi connectivity index (χ1v) is 10.6. The fourth-order valence-electron chi connectivity index (χ4n) is 3.39. The molecule has 1 aliphatic heterocycles. The van der Waals surface area contributed by atoms with Crippen LogP contribution in [0.25, 0.3) is 6.08 Å². The Morgan fingerprint density at radius 2 is 1.59 bits per heavy atom. The van der Waals surface area contributed by atoms with Gasteiger partial charge in [0.05, 0.1) is 27.0 Å². The van der Waals surface area contributed by atoms with Gasteiger partial charge in [0.25, 0.3) is 5.91 Å². The Morgan fingerprint density at radius 1 is 0.875 bits per heavy atom. The van der Waals surface area contributed by atoms with Crippen LogP contribution in [0.15, 0.2) is 81.9 Å². The molecule has 0 atom stereocenters. The molecule has 0 aliphatic carbocycles. The number of halogens is 1. The number of carbonyl (C=O) groups excluding carboxylic acids is 1. The highest BCUT2D eigenvalue weighted by molar-refractivity contribution is 9.10. The molecular formula is C25H21BrN2O4. The first-order valence-electron chi connectivity index (χ1n) is 9.81. The van der Waals surface area contributed by atoms with Crippen molar-refractivity contribution in [3.63, 3.8) is 0 Å². The number of rotatable bonds is 6. The average molecular weight is 493 g/mol. The smallest absolute Gasteiger partial charge is 0.282 e. The molecule has 6 nitrogen and oxygen atoms in total. The third-order valence-corrected chi connectivity index (χ3v) is 5.50. The summed E-state index contributed by atoms with van der Waals surface area (Å²) in [6.45, 7) is 0. The Labute approximate surface area is 194 Å². The van der Waals surface area contributed by atoms with Gasteiger partial charge >= 0.3 is 0 Å². The quantitative estimate of drug-likeness (QED) is 0.437. The number of aliphatic imine (C=N–C) groups is 1. The van der Waals surface area contributed by atoms with Crippen molar-refractivity contribution in [3.05, 3.63) is 88.0 Å². The molecule has 1 aliphatic rings. The van der Waals surface area contributed by atoms with E-state index in [0.29, 0.717) is 28.7 Å². The van der Waals surface area contributed by atoms with Gasteiger partial charge in [-0.1, -0.05) is 22.0 Å². The van der Waals surface area contributed by atoms with Crippen molar-refractivity contribution in [3.8, 4) is 17.2 Å². The van der Waals surface area contributed by atoms with Crippen molar-refractivity contribution in [2.45, 2.75) is 0 Å². The lowest BCUT2D eigenvalue weighted by Crippen LogP contribution is -2.32. The van der Waals surface area contributed by atoms with Gasteiger partial charge in [-0.25, -0.2) is 4.99 Å². The zero-order chi connectivity index (χ0) is 22.7. The van der Waals surface area contributed by atoms with E-state index in [9.17, 15) is 4.79 Å². The standard InChI is InChI=1S/C25H21BrN2O4/c1-30-20-10-7-16(8-11-20)24-27-22(13-17-9-12-21(31-2)15-23(17)32-3)25(29)28(24)19-6-4-5-18(26)14-19/h4-15H,1-3H3/b22-13+. The summed E-state index contributed by atoms with van der Waals surface area (Å²) in [5.41, 5.74) is 2.54. The van der Waals surface area contributed by atoms with E-state index in [1.165, 1.54) is 0 Å². The number of hydrogen-bond acceptors (Lipinski definition) is 5. The van der Waals surface area contributed by atoms with E-state index in [4.69, 9.17) is 19.2 Å². The van der Waals surface area contributed by atoms with Gasteiger partial charge in [-0.2, -0.15) is 0 Å². The highest BCUT2D eigenvalue weighted by Gasteiger charge is 2.32. The molecule has 32 heavy (non-hydrogen) atoms. The van der Waals surface area contributed by atoms with Gasteiger partial charge in [0, 0.05) is 21.7 Å². The van der Waals surface area contributed by atoms with Crippen LogP contribution >= 0.6 is 15.9 Å². The molecule has 0 saturated heterocycles. The van der Waals surface area contributed by atoms with E-state index >= 15 is 0 Å². The lowest BCUT2D eigenvalue weighted by Gasteiger charge is -2.19. The monoisotopic (exact) mass is 492 g/mol. The summed E-state index contributed by atoms with van der Waals surface area (Å²) in [6, 6.07) is 20.4. The van der Waals surface area contributed by atoms with Crippen molar-refractivity contribution < 1.29 is 19.0 Å². The van der Waals surface area contributed by atoms with Crippen molar-refractivity contribution in [2.75, 3.05) is 26.2 Å². The average Bonchev–Trinajstić information content (AvgIpc) is 3.15. The molecule has 0 spiro atoms. The van der Waals surface area contributed by atoms with E-state index < -0.39 is 0 Å². The molecule has 3 aromatic rings. The van der Waals surface area contributed by atoms with Crippen LogP contribution in [0.5, 0.6) is 17.2 Å². The number of carbonyl (C=O) groups is 1. The van der Waals surface area contributed by atoms with Crippen molar-refractivity contribution >= 4 is 39.4 Å². The predicted molar refractivity (Wildman–Crippen MR) is 129 cm³/mol. The number of benzene rings is 3. The maximum absolute atomic E-state index is 13.5. The van der Waals surface area contributed by atoms with Gasteiger partial charge in [-0.05, 0) is 60.7 Å². The number of methoxy groups -OCH3 is 3. The third-order valence-electron chi connectivity index (χ3n) is 5.01. The molecule has 0 N–H and O–H groups in total. The van der Waals surface area contributed by atoms with Crippen LogP contribution in [0.4, 0.5) is 5.69 Å². The second kappa shape index (κ2) is 9.28. The molecule has 1 heterocycles. The largest absolute Gasteiger partial charge is 0.497 e. The number of hydrogen-bond donors (Lipinski definition) is 0. The fourth-order valence-corrected chi connectivity index (χ4v) is 3.78. The second-order valence-electron chi connectivity index (χ2n) is 6.92. The minimum atomic E-state index is -0.230. The summed E-state index contributed by atoms with van der Waals surface area (Å²) < 4.78 is 16.9. The highest BCUT2D eigenvalue weighted by atomic mass is 79.9. The van der Waals surface area contributed by atoms with E-state index in [1.54, 1.807) is 38.4 Å². The number of nitrogens with zero attached hydrogens (tertiary/aromatic N) is 2. The normalized spacial score (nSPS) is 14.5. The minimum Gasteiger partial charge on any atom is -0.497 e. The fraction of sp³-hybridized carbons (Fsp3) is 0.120. The van der Waals surface area contributed by atoms with Crippen LogP contribution < -0.4 is 19.1 Å². The first-order chi connectivity index (χ1) is 15.5. The summed E-state index contributed by atoms with van der Waals surface area (Å²) in [5.74, 6) is 2.29. The predicted octanol–water partition coefficient (Wildman–Crippen LogP) is 5.31. The van der Waals surface area contributed by atoms with Crippen molar-refractivity contribution in [2.24, 2.45) is 4.99 Å². The van der Waals surface area contributed by atoms with Gasteiger partial charge in [0.15, 0.2) is 0 Å². The molecule has 1 amide bonds. The molecule has 0 aromatic heterocycles. The van der Waals surface area contributed by atoms with E-state index in [2.05, 4.69) is 15.9 Å². The molecule has 0 unspecified atom stereocenters. The van der Waals surface area contributed by atoms with Crippen LogP contribution in [0.3, 0.4) is 0 Å². The van der Waals surface area contributed by atoms with Gasteiger partial charge in [0.2, 0.25) is 0 Å². The Morgan fingerprint density at radius 3 is 2.25 bits per heavy atom. The number of amidine groups is 1. The van der Waals surface area contributed by atoms with Crippen molar-refractivity contribution in [1.82, 2.24) is 0 Å². The Kier molecular flexibility index (Phi) is 6.28. The van der Waals surface area contributed by atoms with Gasteiger partial charge in [-0.3, -0.25) is 9.69 Å². The Balaban J connectivity index is 1.83. The van der Waals surface area contributed by atoms with Gasteiger partial charge in [0.1, 0.15) is 28.8 Å². The maximum Gasteiger partial charge on any atom is 0.282 e. The van der Waals surface area contributed by atoms with E-state index in [1.807, 2.05) is 60.7 Å². The molecule has 0 fully saturated rings. The SMILES string of the molecule is COc1ccc(C2=N/C(=C/c3ccc(OC)cc3OC)C(=O)N2c2cccc(Br)c2)cc1. The number of ether oxygens (including phenoxy) is 3. The molecule has 0 saturated carbocycles. The topological polar surface area (TPSA) is 60.4 Å². The van der Waals surface area contributed by atoms with Crippen LogP contribution in [0.1, 0.15) is 11.1 Å². The van der Waals surface area contributed by atoms with E-state index in [-0.39, 0.29) is 5.91 Å². The maximum atomic E-state index is 13.5. The minimum absolute atomic E-state index is 0.230. The first kappa shape index (κ1) is 21.6. The number of anilines is 1. The van der Waals surface area contributed by atoms with Gasteiger partial charge < -0.3 is 14.2 Å². The third kappa shape index (κ3) is 4.24. The molecule has 4 rings (SSSR count). The lowest BCUT2D eigenvalue weighted by molar-refractivity contribution is -0.113. The summed E-state index contributed by atoms with van der Waals surface area (Å²) in [4.78, 5) is 19.8. The zero-order valence-electron chi connectivity index (χ0n) is 17.8. The highest BCUT2D eigenvalue weighted by Crippen LogP contribution is 2.32. The summed E-state index contributed by atoms with van der Waals surface area (Å²) in [6.07, 6.45) is 1.72. The van der Waals surface area contributed by atoms with Crippen LogP contribution in [-0.2, 0) is 4.79 Å².